The molecule has 0 aliphatic carbocycles. The van der Waals surface area contributed by atoms with Gasteiger partial charge in [-0.2, -0.15) is 0 Å². The number of rotatable bonds is 0. The van der Waals surface area contributed by atoms with Crippen LogP contribution in [0, 0.1) is 0 Å². The summed E-state index contributed by atoms with van der Waals surface area (Å²) < 4.78 is -2.00. The number of carbonyl (C=O) groups is 1. The van der Waals surface area contributed by atoms with Crippen LogP contribution >= 0.6 is 46.6 Å². The van der Waals surface area contributed by atoms with Crippen LogP contribution in [0.2, 0.25) is 0 Å². The highest BCUT2D eigenvalue weighted by molar-refractivity contribution is 8.15. The van der Waals surface area contributed by atoms with Crippen molar-refractivity contribution in [2.75, 3.05) is 0 Å². The van der Waals surface area contributed by atoms with Gasteiger partial charge in [-0.15, -0.1) is 0 Å². The Balaban J connectivity index is 4.11. The molecule has 0 N–H and O–H groups in total. The van der Waals surface area contributed by atoms with Crippen LogP contribution in [0.4, 0.5) is 0 Å². The van der Waals surface area contributed by atoms with E-state index in [9.17, 15) is 4.79 Å². The minimum atomic E-state index is -1.79. The maximum Gasteiger partial charge on any atom is 0.259 e. The average Bonchev–Trinajstić information content (AvgIpc) is 1.56. The van der Waals surface area contributed by atoms with Crippen LogP contribution in [0.3, 0.4) is 0 Å². The van der Waals surface area contributed by atoms with Gasteiger partial charge in [0.1, 0.15) is 0 Å². The molecule has 0 fully saturated rings. The second-order valence-corrected chi connectivity index (χ2v) is 7.08. The third kappa shape index (κ3) is 6.09. The molecule has 0 unspecified atom stereocenters. The molecule has 1 nitrogen and oxygen atoms in total. The first-order chi connectivity index (χ1) is 4.63. The summed E-state index contributed by atoms with van der Waals surface area (Å²) in [5.41, 5.74) is 0. The van der Waals surface area contributed by atoms with Crippen LogP contribution in [0.1, 0.15) is 20.8 Å². The zero-order chi connectivity index (χ0) is 9.28. The Morgan fingerprint density at radius 1 is 1.18 bits per heavy atom. The van der Waals surface area contributed by atoms with Crippen LogP contribution in [-0.4, -0.2) is 13.7 Å². The summed E-state index contributed by atoms with van der Waals surface area (Å²) in [5, 5.41) is -0.435. The zero-order valence-electron chi connectivity index (χ0n) is 6.45. The minimum Gasteiger partial charge on any atom is -0.282 e. The molecule has 0 aliphatic heterocycles. The topological polar surface area (TPSA) is 17.1 Å². The molecule has 11 heavy (non-hydrogen) atoms. The first-order valence-electron chi connectivity index (χ1n) is 2.93. The molecule has 66 valence electrons. The van der Waals surface area contributed by atoms with Crippen molar-refractivity contribution in [2.24, 2.45) is 0 Å². The fourth-order valence-electron chi connectivity index (χ4n) is 0.336. The molecular weight excluding hydrogens is 226 g/mol. The van der Waals surface area contributed by atoms with E-state index in [1.165, 1.54) is 0 Å². The summed E-state index contributed by atoms with van der Waals surface area (Å²) >= 11 is 17.1. The molecular formula is C6H9Cl3OS. The summed E-state index contributed by atoms with van der Waals surface area (Å²) in [6.45, 7) is 5.64. The van der Waals surface area contributed by atoms with Crippen LogP contribution in [0.25, 0.3) is 0 Å². The molecule has 0 spiro atoms. The molecule has 0 aliphatic rings. The van der Waals surface area contributed by atoms with Gasteiger partial charge in [-0.3, -0.25) is 4.79 Å². The predicted octanol–water partition coefficient (Wildman–Crippen LogP) is 3.41. The SMILES string of the molecule is CC(C)(C)SC(=O)C(Cl)(Cl)Cl. The van der Waals surface area contributed by atoms with Gasteiger partial charge >= 0.3 is 0 Å². The van der Waals surface area contributed by atoms with Gasteiger partial charge in [-0.1, -0.05) is 67.3 Å². The Labute approximate surface area is 85.8 Å². The summed E-state index contributed by atoms with van der Waals surface area (Å²) in [6, 6.07) is 0. The van der Waals surface area contributed by atoms with E-state index in [1.54, 1.807) is 0 Å². The highest BCUT2D eigenvalue weighted by Crippen LogP contribution is 2.36. The Hall–Kier alpha value is 0.890. The second kappa shape index (κ2) is 3.73. The molecule has 0 heterocycles. The smallest absolute Gasteiger partial charge is 0.259 e. The Kier molecular flexibility index (Phi) is 4.04. The van der Waals surface area contributed by atoms with Gasteiger partial charge < -0.3 is 0 Å². The van der Waals surface area contributed by atoms with Crippen molar-refractivity contribution in [3.05, 3.63) is 0 Å². The van der Waals surface area contributed by atoms with Gasteiger partial charge in [0, 0.05) is 4.75 Å². The van der Waals surface area contributed by atoms with Gasteiger partial charge in [0.2, 0.25) is 5.12 Å². The van der Waals surface area contributed by atoms with E-state index in [4.69, 9.17) is 34.8 Å². The lowest BCUT2D eigenvalue weighted by atomic mass is 10.3. The first kappa shape index (κ1) is 11.9. The normalized spacial score (nSPS) is 13.3. The molecule has 0 atom stereocenters. The third-order valence-electron chi connectivity index (χ3n) is 0.630. The van der Waals surface area contributed by atoms with Crippen molar-refractivity contribution < 1.29 is 4.79 Å². The largest absolute Gasteiger partial charge is 0.282 e. The minimum absolute atomic E-state index is 0.207. The van der Waals surface area contributed by atoms with Gasteiger partial charge in [0.25, 0.3) is 3.79 Å². The number of hydrogen-bond acceptors (Lipinski definition) is 2. The van der Waals surface area contributed by atoms with Gasteiger partial charge in [-0.25, -0.2) is 0 Å². The van der Waals surface area contributed by atoms with Crippen molar-refractivity contribution in [1.29, 1.82) is 0 Å². The molecule has 0 radical (unpaired) electrons. The lowest BCUT2D eigenvalue weighted by Gasteiger charge is -2.18. The molecule has 0 aromatic rings. The van der Waals surface area contributed by atoms with Crippen LogP contribution in [-0.2, 0) is 4.79 Å². The van der Waals surface area contributed by atoms with Crippen molar-refractivity contribution in [1.82, 2.24) is 0 Å². The molecule has 0 aromatic heterocycles. The molecule has 0 bridgehead atoms. The number of thioether (sulfide) groups is 1. The fourth-order valence-corrected chi connectivity index (χ4v) is 1.36. The van der Waals surface area contributed by atoms with Crippen molar-refractivity contribution >= 4 is 51.7 Å². The molecule has 5 heteroatoms. The monoisotopic (exact) mass is 234 g/mol. The maximum absolute atomic E-state index is 11.0. The lowest BCUT2D eigenvalue weighted by molar-refractivity contribution is -0.110. The maximum atomic E-state index is 11.0. The molecule has 0 rings (SSSR count). The summed E-state index contributed by atoms with van der Waals surface area (Å²) in [7, 11) is 0. The van der Waals surface area contributed by atoms with Crippen LogP contribution < -0.4 is 0 Å². The summed E-state index contributed by atoms with van der Waals surface area (Å²) in [6.07, 6.45) is 0. The van der Waals surface area contributed by atoms with Crippen molar-refractivity contribution in [2.45, 2.75) is 29.3 Å². The van der Waals surface area contributed by atoms with E-state index in [0.29, 0.717) is 0 Å². The standard InChI is InChI=1S/C6H9Cl3OS/c1-5(2,3)11-4(10)6(7,8)9/h1-3H3. The molecule has 0 amide bonds. The fraction of sp³-hybridized carbons (Fsp3) is 0.833. The van der Waals surface area contributed by atoms with E-state index in [-0.39, 0.29) is 4.75 Å². The van der Waals surface area contributed by atoms with Crippen LogP contribution in [0.15, 0.2) is 0 Å². The first-order valence-corrected chi connectivity index (χ1v) is 4.88. The molecule has 0 saturated heterocycles. The predicted molar refractivity (Wildman–Crippen MR) is 52.6 cm³/mol. The number of halogens is 3. The lowest BCUT2D eigenvalue weighted by Crippen LogP contribution is -2.21. The Bertz CT molecular complexity index is 156. The Morgan fingerprint density at radius 3 is 1.64 bits per heavy atom. The second-order valence-electron chi connectivity index (χ2n) is 3.00. The van der Waals surface area contributed by atoms with E-state index in [0.717, 1.165) is 11.8 Å². The number of carbonyl (C=O) groups excluding carboxylic acids is 1. The quantitative estimate of drug-likeness (QED) is 0.599. The highest BCUT2D eigenvalue weighted by atomic mass is 35.6. The summed E-state index contributed by atoms with van der Waals surface area (Å²) in [5.74, 6) is 0. The number of hydrogen-bond donors (Lipinski definition) is 0. The Morgan fingerprint density at radius 2 is 1.55 bits per heavy atom. The molecule has 0 saturated carbocycles. The van der Waals surface area contributed by atoms with Crippen molar-refractivity contribution in [3.8, 4) is 0 Å². The van der Waals surface area contributed by atoms with Crippen molar-refractivity contribution in [3.63, 3.8) is 0 Å². The van der Waals surface area contributed by atoms with Gasteiger partial charge in [0.15, 0.2) is 0 Å². The van der Waals surface area contributed by atoms with E-state index in [2.05, 4.69) is 0 Å². The third-order valence-corrected chi connectivity index (χ3v) is 2.59. The van der Waals surface area contributed by atoms with E-state index in [1.807, 2.05) is 20.8 Å². The average molecular weight is 236 g/mol. The zero-order valence-corrected chi connectivity index (χ0v) is 9.53. The van der Waals surface area contributed by atoms with E-state index < -0.39 is 8.91 Å². The highest BCUT2D eigenvalue weighted by Gasteiger charge is 2.34. The number of alkyl halides is 3. The van der Waals surface area contributed by atoms with Crippen LogP contribution in [0.5, 0.6) is 0 Å². The summed E-state index contributed by atoms with van der Waals surface area (Å²) in [4.78, 5) is 11.0. The van der Waals surface area contributed by atoms with E-state index >= 15 is 0 Å². The van der Waals surface area contributed by atoms with Gasteiger partial charge in [-0.05, 0) is 0 Å². The molecule has 0 aromatic carbocycles. The van der Waals surface area contributed by atoms with Gasteiger partial charge in [0.05, 0.1) is 0 Å².